The number of phenols is 1. The van der Waals surface area contributed by atoms with Gasteiger partial charge in [-0.1, -0.05) is 60.7 Å². The van der Waals surface area contributed by atoms with Gasteiger partial charge < -0.3 is 5.11 Å². The molecule has 0 spiro atoms. The lowest BCUT2D eigenvalue weighted by Gasteiger charge is -2.33. The molecule has 0 saturated carbocycles. The van der Waals surface area contributed by atoms with Gasteiger partial charge in [-0.3, -0.25) is 15.4 Å². The van der Waals surface area contributed by atoms with Gasteiger partial charge in [0, 0.05) is 29.8 Å². The Hall–Kier alpha value is -3.79. The number of anilines is 1. The second kappa shape index (κ2) is 7.32. The third-order valence-corrected chi connectivity index (χ3v) is 5.28. The van der Waals surface area contributed by atoms with Crippen molar-refractivity contribution >= 4 is 16.6 Å². The number of aromatic hydroxyl groups is 1. The SMILES string of the molecule is Oc1c(Cc2cccc(NN3C=CC=C4C=CC=CC43)c2)ccc2cccnc12. The van der Waals surface area contributed by atoms with Crippen molar-refractivity contribution in [2.75, 3.05) is 5.43 Å². The molecule has 142 valence electrons. The number of aromatic nitrogens is 1. The molecular weight excluding hydrogens is 358 g/mol. The lowest BCUT2D eigenvalue weighted by Crippen LogP contribution is -2.37. The molecule has 2 N–H and O–H groups in total. The molecule has 2 aliphatic rings. The Kier molecular flexibility index (Phi) is 4.37. The van der Waals surface area contributed by atoms with E-state index in [4.69, 9.17) is 0 Å². The topological polar surface area (TPSA) is 48.4 Å². The Labute approximate surface area is 169 Å². The van der Waals surface area contributed by atoms with Gasteiger partial charge in [0.1, 0.15) is 11.3 Å². The molecule has 1 unspecified atom stereocenters. The van der Waals surface area contributed by atoms with Crippen molar-refractivity contribution in [3.63, 3.8) is 0 Å². The summed E-state index contributed by atoms with van der Waals surface area (Å²) in [5.74, 6) is 0.259. The van der Waals surface area contributed by atoms with Gasteiger partial charge in [0.05, 0.1) is 11.7 Å². The van der Waals surface area contributed by atoms with Crippen molar-refractivity contribution in [3.8, 4) is 5.75 Å². The largest absolute Gasteiger partial charge is 0.505 e. The first-order valence-corrected chi connectivity index (χ1v) is 9.71. The van der Waals surface area contributed by atoms with Crippen LogP contribution in [0.2, 0.25) is 0 Å². The van der Waals surface area contributed by atoms with Crippen molar-refractivity contribution in [1.29, 1.82) is 0 Å². The van der Waals surface area contributed by atoms with E-state index in [2.05, 4.69) is 64.0 Å². The Morgan fingerprint density at radius 3 is 2.97 bits per heavy atom. The van der Waals surface area contributed by atoms with Crippen LogP contribution in [0.25, 0.3) is 10.9 Å². The summed E-state index contributed by atoms with van der Waals surface area (Å²) in [5.41, 5.74) is 8.40. The summed E-state index contributed by atoms with van der Waals surface area (Å²) >= 11 is 0. The van der Waals surface area contributed by atoms with E-state index in [0.29, 0.717) is 11.9 Å². The Morgan fingerprint density at radius 1 is 1.03 bits per heavy atom. The minimum atomic E-state index is 0.185. The van der Waals surface area contributed by atoms with Crippen molar-refractivity contribution in [2.24, 2.45) is 0 Å². The average Bonchev–Trinajstić information content (AvgIpc) is 2.77. The fraction of sp³-hybridized carbons (Fsp3) is 0.0800. The molecular formula is C25H21N3O. The first kappa shape index (κ1) is 17.3. The maximum atomic E-state index is 10.7. The van der Waals surface area contributed by atoms with Gasteiger partial charge in [0.2, 0.25) is 0 Å². The van der Waals surface area contributed by atoms with Crippen molar-refractivity contribution < 1.29 is 5.11 Å². The number of benzene rings is 2. The zero-order chi connectivity index (χ0) is 19.6. The number of rotatable bonds is 4. The molecule has 29 heavy (non-hydrogen) atoms. The highest BCUT2D eigenvalue weighted by molar-refractivity contribution is 5.85. The monoisotopic (exact) mass is 379 g/mol. The Balaban J connectivity index is 1.37. The van der Waals surface area contributed by atoms with Crippen LogP contribution in [0, 0.1) is 0 Å². The van der Waals surface area contributed by atoms with E-state index >= 15 is 0 Å². The predicted molar refractivity (Wildman–Crippen MR) is 117 cm³/mol. The summed E-state index contributed by atoms with van der Waals surface area (Å²) in [6.07, 6.45) is 17.0. The molecule has 0 amide bonds. The Morgan fingerprint density at radius 2 is 2.00 bits per heavy atom. The average molecular weight is 379 g/mol. The second-order valence-corrected chi connectivity index (χ2v) is 7.24. The van der Waals surface area contributed by atoms with Gasteiger partial charge in [-0.25, -0.2) is 0 Å². The minimum Gasteiger partial charge on any atom is -0.505 e. The van der Waals surface area contributed by atoms with Crippen LogP contribution < -0.4 is 5.43 Å². The van der Waals surface area contributed by atoms with E-state index in [1.54, 1.807) is 6.20 Å². The van der Waals surface area contributed by atoms with E-state index < -0.39 is 0 Å². The van der Waals surface area contributed by atoms with Gasteiger partial charge in [0.15, 0.2) is 0 Å². The maximum absolute atomic E-state index is 10.7. The van der Waals surface area contributed by atoms with Crippen LogP contribution in [-0.4, -0.2) is 21.1 Å². The summed E-state index contributed by atoms with van der Waals surface area (Å²) in [4.78, 5) is 4.32. The highest BCUT2D eigenvalue weighted by Crippen LogP contribution is 2.29. The number of hydrazine groups is 1. The molecule has 4 heteroatoms. The summed E-state index contributed by atoms with van der Waals surface area (Å²) in [5, 5.41) is 13.7. The lowest BCUT2D eigenvalue weighted by atomic mass is 9.99. The second-order valence-electron chi connectivity index (χ2n) is 7.24. The first-order valence-electron chi connectivity index (χ1n) is 9.71. The smallest absolute Gasteiger partial charge is 0.145 e. The number of nitrogens with zero attached hydrogens (tertiary/aromatic N) is 2. The molecule has 0 bridgehead atoms. The molecule has 0 radical (unpaired) electrons. The van der Waals surface area contributed by atoms with Crippen LogP contribution in [0.15, 0.2) is 103 Å². The van der Waals surface area contributed by atoms with Gasteiger partial charge in [-0.15, -0.1) is 0 Å². The van der Waals surface area contributed by atoms with Gasteiger partial charge >= 0.3 is 0 Å². The molecule has 2 aromatic carbocycles. The molecule has 1 aromatic heterocycles. The third-order valence-electron chi connectivity index (χ3n) is 5.28. The Bertz CT molecular complexity index is 1190. The number of phenolic OH excluding ortho intramolecular Hbond substituents is 1. The van der Waals surface area contributed by atoms with Gasteiger partial charge in [-0.2, -0.15) is 0 Å². The van der Waals surface area contributed by atoms with Crippen molar-refractivity contribution in [1.82, 2.24) is 9.99 Å². The molecule has 5 rings (SSSR count). The number of nitrogens with one attached hydrogen (secondary N) is 1. The maximum Gasteiger partial charge on any atom is 0.145 e. The normalized spacial score (nSPS) is 17.3. The molecule has 3 aromatic rings. The minimum absolute atomic E-state index is 0.185. The van der Waals surface area contributed by atoms with Crippen molar-refractivity contribution in [2.45, 2.75) is 12.5 Å². The molecule has 0 saturated heterocycles. The summed E-state index contributed by atoms with van der Waals surface area (Å²) in [6, 6.07) is 16.3. The number of hydrogen-bond acceptors (Lipinski definition) is 4. The van der Waals surface area contributed by atoms with E-state index in [1.165, 1.54) is 5.57 Å². The number of allylic oxidation sites excluding steroid dienone is 4. The van der Waals surface area contributed by atoms with Crippen LogP contribution >= 0.6 is 0 Å². The van der Waals surface area contributed by atoms with Gasteiger partial charge in [0.25, 0.3) is 0 Å². The summed E-state index contributed by atoms with van der Waals surface area (Å²) < 4.78 is 0. The number of hydrogen-bond donors (Lipinski definition) is 2. The van der Waals surface area contributed by atoms with Gasteiger partial charge in [-0.05, 0) is 35.4 Å². The zero-order valence-corrected chi connectivity index (χ0v) is 15.9. The molecule has 1 aliphatic heterocycles. The summed E-state index contributed by atoms with van der Waals surface area (Å²) in [6.45, 7) is 0. The highest BCUT2D eigenvalue weighted by Gasteiger charge is 2.19. The van der Waals surface area contributed by atoms with Crippen LogP contribution in [0.1, 0.15) is 11.1 Å². The fourth-order valence-corrected chi connectivity index (χ4v) is 3.83. The van der Waals surface area contributed by atoms with Crippen molar-refractivity contribution in [3.05, 3.63) is 114 Å². The van der Waals surface area contributed by atoms with E-state index in [-0.39, 0.29) is 11.8 Å². The molecule has 4 nitrogen and oxygen atoms in total. The van der Waals surface area contributed by atoms with Crippen LogP contribution in [0.3, 0.4) is 0 Å². The fourth-order valence-electron chi connectivity index (χ4n) is 3.83. The standard InChI is InChI=1S/C25H21N3O/c29-25-21(13-12-20-8-4-14-26-24(20)25)16-18-6-3-10-22(17-18)27-28-15-5-9-19-7-1-2-11-23(19)28/h1-15,17,23,27,29H,16H2. The summed E-state index contributed by atoms with van der Waals surface area (Å²) in [7, 11) is 0. The van der Waals surface area contributed by atoms with Crippen LogP contribution in [0.5, 0.6) is 5.75 Å². The lowest BCUT2D eigenvalue weighted by molar-refractivity contribution is 0.414. The van der Waals surface area contributed by atoms with E-state index in [0.717, 1.165) is 22.2 Å². The quantitative estimate of drug-likeness (QED) is 0.661. The number of fused-ring (bicyclic) bond motifs is 2. The van der Waals surface area contributed by atoms with Crippen LogP contribution in [-0.2, 0) is 6.42 Å². The van der Waals surface area contributed by atoms with E-state index in [9.17, 15) is 5.11 Å². The number of pyridine rings is 1. The molecule has 1 aliphatic carbocycles. The zero-order valence-electron chi connectivity index (χ0n) is 15.9. The third kappa shape index (κ3) is 3.41. The first-order chi connectivity index (χ1) is 14.3. The highest BCUT2D eigenvalue weighted by atomic mass is 16.3. The van der Waals surface area contributed by atoms with E-state index in [1.807, 2.05) is 42.6 Å². The molecule has 1 atom stereocenters. The molecule has 2 heterocycles. The predicted octanol–water partition coefficient (Wildman–Crippen LogP) is 5.11. The van der Waals surface area contributed by atoms with Crippen LogP contribution in [0.4, 0.5) is 5.69 Å². The molecule has 0 fully saturated rings.